The molecule has 0 atom stereocenters. The Morgan fingerprint density at radius 1 is 0.909 bits per heavy atom. The summed E-state index contributed by atoms with van der Waals surface area (Å²) in [4.78, 5) is 11.9. The van der Waals surface area contributed by atoms with Crippen LogP contribution in [0.2, 0.25) is 0 Å². The largest absolute Gasteiger partial charge is 0.493 e. The predicted molar refractivity (Wildman–Crippen MR) is 131 cm³/mol. The first-order valence-corrected chi connectivity index (χ1v) is 10.7. The molecule has 3 rings (SSSR count). The fraction of sp³-hybridized carbons (Fsp3) is 0.231. The number of urea groups is 1. The third kappa shape index (κ3) is 7.57. The molecule has 0 fully saturated rings. The number of carbonyl (C=O) groups is 1. The van der Waals surface area contributed by atoms with E-state index in [1.165, 1.54) is 11.8 Å². The molecule has 3 aromatic carbocycles. The van der Waals surface area contributed by atoms with Crippen molar-refractivity contribution in [3.8, 4) is 17.2 Å². The molecule has 2 N–H and O–H groups in total. The summed E-state index contributed by atoms with van der Waals surface area (Å²) >= 11 is 0. The third-order valence-electron chi connectivity index (χ3n) is 4.73. The van der Waals surface area contributed by atoms with E-state index in [9.17, 15) is 4.79 Å². The molecule has 0 saturated carbocycles. The van der Waals surface area contributed by atoms with Crippen LogP contribution in [0.1, 0.15) is 23.1 Å². The van der Waals surface area contributed by atoms with Crippen molar-refractivity contribution in [1.29, 1.82) is 0 Å². The van der Waals surface area contributed by atoms with Crippen LogP contribution in [-0.4, -0.2) is 32.6 Å². The number of amides is 2. The van der Waals surface area contributed by atoms with Crippen LogP contribution < -0.4 is 25.0 Å². The number of hydrogen-bond donors (Lipinski definition) is 2. The van der Waals surface area contributed by atoms with Crippen LogP contribution in [0.3, 0.4) is 0 Å². The second-order valence-corrected chi connectivity index (χ2v) is 7.42. The normalized spacial score (nSPS) is 10.6. The quantitative estimate of drug-likeness (QED) is 0.251. The second kappa shape index (κ2) is 12.1. The van der Waals surface area contributed by atoms with Gasteiger partial charge in [0.05, 0.1) is 26.5 Å². The zero-order valence-corrected chi connectivity index (χ0v) is 19.1. The number of hydrogen-bond acceptors (Lipinski definition) is 5. The predicted octanol–water partition coefficient (Wildman–Crippen LogP) is 5.32. The molecule has 172 valence electrons. The number of nitrogens with zero attached hydrogens (tertiary/aromatic N) is 1. The Morgan fingerprint density at radius 3 is 2.36 bits per heavy atom. The maximum Gasteiger partial charge on any atom is 0.339 e. The van der Waals surface area contributed by atoms with Gasteiger partial charge in [-0.3, -0.25) is 0 Å². The van der Waals surface area contributed by atoms with Crippen molar-refractivity contribution >= 4 is 17.9 Å². The minimum absolute atomic E-state index is 0.424. The lowest BCUT2D eigenvalue weighted by molar-refractivity contribution is 0.239. The average molecular weight is 448 g/mol. The SMILES string of the molecule is COc1cc(/C=N/NC(=O)Nc2ccccc2)ccc1OCCCOc1ccc(C)cc1C. The zero-order chi connectivity index (χ0) is 23.5. The van der Waals surface area contributed by atoms with E-state index in [-0.39, 0.29) is 0 Å². The molecule has 0 aliphatic rings. The van der Waals surface area contributed by atoms with Gasteiger partial charge in [-0.2, -0.15) is 5.10 Å². The highest BCUT2D eigenvalue weighted by atomic mass is 16.5. The Kier molecular flexibility index (Phi) is 8.71. The second-order valence-electron chi connectivity index (χ2n) is 7.42. The fourth-order valence-corrected chi connectivity index (χ4v) is 3.11. The molecule has 0 aliphatic carbocycles. The Balaban J connectivity index is 1.44. The van der Waals surface area contributed by atoms with Crippen molar-refractivity contribution in [2.45, 2.75) is 20.3 Å². The number of rotatable bonds is 10. The first-order valence-electron chi connectivity index (χ1n) is 10.7. The van der Waals surface area contributed by atoms with Gasteiger partial charge in [0.15, 0.2) is 11.5 Å². The van der Waals surface area contributed by atoms with Crippen LogP contribution >= 0.6 is 0 Å². The number of benzene rings is 3. The Hall–Kier alpha value is -4.00. The van der Waals surface area contributed by atoms with E-state index in [0.29, 0.717) is 30.4 Å². The lowest BCUT2D eigenvalue weighted by atomic mass is 10.1. The van der Waals surface area contributed by atoms with Crippen LogP contribution in [0.4, 0.5) is 10.5 Å². The van der Waals surface area contributed by atoms with E-state index >= 15 is 0 Å². The van der Waals surface area contributed by atoms with Gasteiger partial charge in [-0.1, -0.05) is 35.9 Å². The average Bonchev–Trinajstić information content (AvgIpc) is 2.81. The van der Waals surface area contributed by atoms with Crippen molar-refractivity contribution in [1.82, 2.24) is 5.43 Å². The summed E-state index contributed by atoms with van der Waals surface area (Å²) < 4.78 is 17.1. The fourth-order valence-electron chi connectivity index (χ4n) is 3.11. The zero-order valence-electron chi connectivity index (χ0n) is 19.1. The van der Waals surface area contributed by atoms with Crippen molar-refractivity contribution < 1.29 is 19.0 Å². The molecule has 0 bridgehead atoms. The molecule has 0 radical (unpaired) electrons. The minimum atomic E-state index is -0.424. The topological polar surface area (TPSA) is 81.2 Å². The Bertz CT molecular complexity index is 1080. The molecule has 0 unspecified atom stereocenters. The number of aryl methyl sites for hydroxylation is 2. The van der Waals surface area contributed by atoms with Gasteiger partial charge in [-0.15, -0.1) is 0 Å². The Morgan fingerprint density at radius 2 is 1.64 bits per heavy atom. The lowest BCUT2D eigenvalue weighted by Crippen LogP contribution is -2.24. The molecule has 7 nitrogen and oxygen atoms in total. The molecule has 3 aromatic rings. The van der Waals surface area contributed by atoms with Crippen molar-refractivity contribution in [3.63, 3.8) is 0 Å². The summed E-state index contributed by atoms with van der Waals surface area (Å²) in [6.45, 7) is 5.16. The molecule has 0 spiro atoms. The van der Waals surface area contributed by atoms with Gasteiger partial charge in [0, 0.05) is 12.1 Å². The summed E-state index contributed by atoms with van der Waals surface area (Å²) in [6, 6.07) is 20.3. The summed E-state index contributed by atoms with van der Waals surface area (Å²) in [5.41, 5.74) is 6.23. The van der Waals surface area contributed by atoms with Crippen molar-refractivity contribution in [2.75, 3.05) is 25.6 Å². The Labute approximate surface area is 194 Å². The lowest BCUT2D eigenvalue weighted by Gasteiger charge is -2.12. The van der Waals surface area contributed by atoms with E-state index in [4.69, 9.17) is 14.2 Å². The summed E-state index contributed by atoms with van der Waals surface area (Å²) in [7, 11) is 1.58. The molecular formula is C26H29N3O4. The maximum atomic E-state index is 11.9. The molecule has 7 heteroatoms. The van der Waals surface area contributed by atoms with Gasteiger partial charge < -0.3 is 19.5 Å². The molecular weight excluding hydrogens is 418 g/mol. The van der Waals surface area contributed by atoms with Gasteiger partial charge in [-0.25, -0.2) is 10.2 Å². The van der Waals surface area contributed by atoms with Gasteiger partial charge >= 0.3 is 6.03 Å². The number of methoxy groups -OCH3 is 1. The molecule has 0 aliphatic heterocycles. The summed E-state index contributed by atoms with van der Waals surface area (Å²) in [5, 5.41) is 6.66. The monoisotopic (exact) mass is 447 g/mol. The van der Waals surface area contributed by atoms with Gasteiger partial charge in [0.1, 0.15) is 5.75 Å². The number of ether oxygens (including phenoxy) is 3. The number of nitrogens with one attached hydrogen (secondary N) is 2. The van der Waals surface area contributed by atoms with E-state index in [1.54, 1.807) is 25.3 Å². The highest BCUT2D eigenvalue weighted by Gasteiger charge is 2.06. The molecule has 33 heavy (non-hydrogen) atoms. The first kappa shape index (κ1) is 23.7. The van der Waals surface area contributed by atoms with Gasteiger partial charge in [0.25, 0.3) is 0 Å². The van der Waals surface area contributed by atoms with E-state index in [1.807, 2.05) is 49.4 Å². The van der Waals surface area contributed by atoms with Crippen LogP contribution in [0, 0.1) is 13.8 Å². The molecule has 0 aromatic heterocycles. The van der Waals surface area contributed by atoms with Gasteiger partial charge in [0.2, 0.25) is 0 Å². The summed E-state index contributed by atoms with van der Waals surface area (Å²) in [5.74, 6) is 2.12. The maximum absolute atomic E-state index is 11.9. The number of carbonyl (C=O) groups excluding carboxylic acids is 1. The minimum Gasteiger partial charge on any atom is -0.493 e. The summed E-state index contributed by atoms with van der Waals surface area (Å²) in [6.07, 6.45) is 2.27. The highest BCUT2D eigenvalue weighted by Crippen LogP contribution is 2.27. The molecule has 2 amide bonds. The standard InChI is InChI=1S/C26H29N3O4/c1-19-10-12-23(20(2)16-19)32-14-7-15-33-24-13-11-21(17-25(24)31-3)18-27-29-26(30)28-22-8-5-4-6-9-22/h4-6,8-13,16-18H,7,14-15H2,1-3H3,(H2,28,29,30)/b27-18+. The van der Waals surface area contributed by atoms with Crippen LogP contribution in [0.25, 0.3) is 0 Å². The number of hydrazone groups is 1. The van der Waals surface area contributed by atoms with Crippen molar-refractivity contribution in [3.05, 3.63) is 83.4 Å². The number of anilines is 1. The van der Waals surface area contributed by atoms with Crippen molar-refractivity contribution in [2.24, 2.45) is 5.10 Å². The molecule has 0 saturated heterocycles. The first-order chi connectivity index (χ1) is 16.0. The van der Waals surface area contributed by atoms with E-state index in [0.717, 1.165) is 23.3 Å². The van der Waals surface area contributed by atoms with Crippen LogP contribution in [0.5, 0.6) is 17.2 Å². The van der Waals surface area contributed by atoms with Crippen LogP contribution in [-0.2, 0) is 0 Å². The highest BCUT2D eigenvalue weighted by molar-refractivity contribution is 5.90. The smallest absolute Gasteiger partial charge is 0.339 e. The third-order valence-corrected chi connectivity index (χ3v) is 4.73. The van der Waals surface area contributed by atoms with E-state index < -0.39 is 6.03 Å². The van der Waals surface area contributed by atoms with E-state index in [2.05, 4.69) is 28.8 Å². The van der Waals surface area contributed by atoms with Crippen LogP contribution in [0.15, 0.2) is 71.8 Å². The number of para-hydroxylation sites is 1. The molecule has 0 heterocycles. The van der Waals surface area contributed by atoms with Gasteiger partial charge in [-0.05, 0) is 61.4 Å².